The van der Waals surface area contributed by atoms with Crippen LogP contribution in [-0.2, 0) is 5.54 Å². The number of ether oxygens (including phenoxy) is 1. The second kappa shape index (κ2) is 6.90. The SMILES string of the molecule is CC.CNC(C)(C)c1ccc(F)c(OCC2CC2)c1. The highest BCUT2D eigenvalue weighted by molar-refractivity contribution is 5.34. The van der Waals surface area contributed by atoms with Crippen molar-refractivity contribution in [1.82, 2.24) is 5.32 Å². The zero-order chi connectivity index (χ0) is 14.5. The van der Waals surface area contributed by atoms with E-state index in [1.54, 1.807) is 12.1 Å². The summed E-state index contributed by atoms with van der Waals surface area (Å²) in [5.41, 5.74) is 0.859. The molecule has 1 fully saturated rings. The Morgan fingerprint density at radius 2 is 1.95 bits per heavy atom. The quantitative estimate of drug-likeness (QED) is 0.867. The molecule has 3 heteroatoms. The van der Waals surface area contributed by atoms with Gasteiger partial charge in [-0.3, -0.25) is 0 Å². The van der Waals surface area contributed by atoms with E-state index in [-0.39, 0.29) is 11.4 Å². The van der Waals surface area contributed by atoms with E-state index in [1.807, 2.05) is 20.9 Å². The van der Waals surface area contributed by atoms with Crippen LogP contribution in [0.3, 0.4) is 0 Å². The van der Waals surface area contributed by atoms with Gasteiger partial charge >= 0.3 is 0 Å². The lowest BCUT2D eigenvalue weighted by atomic mass is 9.94. The third-order valence-electron chi connectivity index (χ3n) is 3.45. The second-order valence-corrected chi connectivity index (χ2v) is 5.27. The molecule has 1 aliphatic rings. The predicted octanol–water partition coefficient (Wildman–Crippen LogP) is 4.10. The number of halogens is 1. The molecule has 2 rings (SSSR count). The standard InChI is InChI=1S/C14H20FNO.C2H6/c1-14(2,16-3)11-6-7-12(15)13(8-11)17-9-10-4-5-10;1-2/h6-8,10,16H,4-5,9H2,1-3H3;1-2H3. The molecule has 0 saturated heterocycles. The minimum absolute atomic E-state index is 0.175. The number of rotatable bonds is 5. The molecule has 2 nitrogen and oxygen atoms in total. The van der Waals surface area contributed by atoms with Crippen LogP contribution in [0.15, 0.2) is 18.2 Å². The Morgan fingerprint density at radius 3 is 2.47 bits per heavy atom. The van der Waals surface area contributed by atoms with Crippen molar-refractivity contribution >= 4 is 0 Å². The molecule has 1 aliphatic carbocycles. The van der Waals surface area contributed by atoms with Gasteiger partial charge in [0.05, 0.1) is 6.61 Å². The van der Waals surface area contributed by atoms with E-state index in [0.717, 1.165) is 5.56 Å². The maximum atomic E-state index is 13.6. The van der Waals surface area contributed by atoms with Crippen LogP contribution in [0.25, 0.3) is 0 Å². The molecule has 0 aromatic heterocycles. The Hall–Kier alpha value is -1.09. The van der Waals surface area contributed by atoms with Gasteiger partial charge in [-0.15, -0.1) is 0 Å². The monoisotopic (exact) mass is 267 g/mol. The minimum Gasteiger partial charge on any atom is -0.490 e. The van der Waals surface area contributed by atoms with Crippen molar-refractivity contribution in [3.8, 4) is 5.75 Å². The van der Waals surface area contributed by atoms with Crippen molar-refractivity contribution in [2.75, 3.05) is 13.7 Å². The lowest BCUT2D eigenvalue weighted by Gasteiger charge is -2.25. The molecule has 0 radical (unpaired) electrons. The first-order valence-electron chi connectivity index (χ1n) is 7.14. The van der Waals surface area contributed by atoms with Gasteiger partial charge in [-0.1, -0.05) is 19.9 Å². The molecule has 0 unspecified atom stereocenters. The summed E-state index contributed by atoms with van der Waals surface area (Å²) in [6, 6.07) is 5.08. The van der Waals surface area contributed by atoms with Crippen molar-refractivity contribution in [1.29, 1.82) is 0 Å². The third-order valence-corrected chi connectivity index (χ3v) is 3.45. The molecule has 1 aromatic carbocycles. The first-order chi connectivity index (χ1) is 9.03. The van der Waals surface area contributed by atoms with Gasteiger partial charge in [-0.25, -0.2) is 4.39 Å². The Kier molecular flexibility index (Phi) is 5.80. The van der Waals surface area contributed by atoms with Gasteiger partial charge in [0.1, 0.15) is 0 Å². The van der Waals surface area contributed by atoms with E-state index in [9.17, 15) is 4.39 Å². The van der Waals surface area contributed by atoms with Crippen molar-refractivity contribution in [2.24, 2.45) is 5.92 Å². The molecule has 1 aromatic rings. The number of nitrogens with one attached hydrogen (secondary N) is 1. The Bertz CT molecular complexity index is 400. The van der Waals surface area contributed by atoms with E-state index in [4.69, 9.17) is 4.74 Å². The Labute approximate surface area is 116 Å². The van der Waals surface area contributed by atoms with Crippen LogP contribution in [0.2, 0.25) is 0 Å². The predicted molar refractivity (Wildman–Crippen MR) is 78.1 cm³/mol. The molecule has 108 valence electrons. The maximum absolute atomic E-state index is 13.6. The normalized spacial score (nSPS) is 14.6. The average Bonchev–Trinajstić information content (AvgIpc) is 3.24. The molecule has 1 saturated carbocycles. The fourth-order valence-electron chi connectivity index (χ4n) is 1.64. The van der Waals surface area contributed by atoms with E-state index >= 15 is 0 Å². The summed E-state index contributed by atoms with van der Waals surface area (Å²) in [6.45, 7) is 8.76. The highest BCUT2D eigenvalue weighted by Crippen LogP contribution is 2.31. The van der Waals surface area contributed by atoms with Crippen molar-refractivity contribution in [2.45, 2.75) is 46.1 Å². The second-order valence-electron chi connectivity index (χ2n) is 5.27. The molecule has 0 heterocycles. The van der Waals surface area contributed by atoms with Gasteiger partial charge in [0, 0.05) is 5.54 Å². The van der Waals surface area contributed by atoms with Gasteiger partial charge in [0.25, 0.3) is 0 Å². The van der Waals surface area contributed by atoms with Crippen LogP contribution in [-0.4, -0.2) is 13.7 Å². The topological polar surface area (TPSA) is 21.3 Å². The van der Waals surface area contributed by atoms with E-state index in [0.29, 0.717) is 18.3 Å². The number of hydrogen-bond acceptors (Lipinski definition) is 2. The molecule has 1 N–H and O–H groups in total. The molecule has 0 spiro atoms. The number of benzene rings is 1. The summed E-state index contributed by atoms with van der Waals surface area (Å²) in [7, 11) is 1.90. The molecular formula is C16H26FNO. The van der Waals surface area contributed by atoms with E-state index in [2.05, 4.69) is 19.2 Å². The van der Waals surface area contributed by atoms with Gasteiger partial charge in [-0.05, 0) is 57.4 Å². The molecule has 0 atom stereocenters. The van der Waals surface area contributed by atoms with Crippen molar-refractivity contribution < 1.29 is 9.13 Å². The summed E-state index contributed by atoms with van der Waals surface area (Å²) in [5, 5.41) is 3.20. The fourth-order valence-corrected chi connectivity index (χ4v) is 1.64. The Morgan fingerprint density at radius 1 is 1.32 bits per heavy atom. The summed E-state index contributed by atoms with van der Waals surface area (Å²) in [4.78, 5) is 0. The van der Waals surface area contributed by atoms with Gasteiger partial charge in [-0.2, -0.15) is 0 Å². The zero-order valence-corrected chi connectivity index (χ0v) is 12.7. The molecule has 0 amide bonds. The molecule has 0 aliphatic heterocycles. The highest BCUT2D eigenvalue weighted by atomic mass is 19.1. The lowest BCUT2D eigenvalue weighted by Crippen LogP contribution is -2.33. The minimum atomic E-state index is -0.277. The summed E-state index contributed by atoms with van der Waals surface area (Å²) in [6.07, 6.45) is 2.42. The Balaban J connectivity index is 0.000000861. The highest BCUT2D eigenvalue weighted by Gasteiger charge is 2.23. The van der Waals surface area contributed by atoms with E-state index in [1.165, 1.54) is 18.9 Å². The summed E-state index contributed by atoms with van der Waals surface area (Å²) >= 11 is 0. The molecule has 0 bridgehead atoms. The van der Waals surface area contributed by atoms with Crippen molar-refractivity contribution in [3.05, 3.63) is 29.6 Å². The molecule has 19 heavy (non-hydrogen) atoms. The van der Waals surface area contributed by atoms with Crippen LogP contribution in [0.1, 0.15) is 46.1 Å². The third kappa shape index (κ3) is 4.50. The van der Waals surface area contributed by atoms with Crippen molar-refractivity contribution in [3.63, 3.8) is 0 Å². The first-order valence-corrected chi connectivity index (χ1v) is 7.14. The van der Waals surface area contributed by atoms with Crippen LogP contribution < -0.4 is 10.1 Å². The van der Waals surface area contributed by atoms with E-state index < -0.39 is 0 Å². The van der Waals surface area contributed by atoms with Crippen LogP contribution >= 0.6 is 0 Å². The largest absolute Gasteiger partial charge is 0.490 e. The van der Waals surface area contributed by atoms with Crippen LogP contribution in [0, 0.1) is 11.7 Å². The maximum Gasteiger partial charge on any atom is 0.165 e. The van der Waals surface area contributed by atoms with Crippen LogP contribution in [0.5, 0.6) is 5.75 Å². The number of hydrogen-bond donors (Lipinski definition) is 1. The zero-order valence-electron chi connectivity index (χ0n) is 12.7. The molecular weight excluding hydrogens is 241 g/mol. The van der Waals surface area contributed by atoms with Crippen LogP contribution in [0.4, 0.5) is 4.39 Å². The van der Waals surface area contributed by atoms with Gasteiger partial charge in [0.2, 0.25) is 0 Å². The summed E-state index contributed by atoms with van der Waals surface area (Å²) < 4.78 is 19.1. The fraction of sp³-hybridized carbons (Fsp3) is 0.625. The van der Waals surface area contributed by atoms with Gasteiger partial charge in [0.15, 0.2) is 11.6 Å². The summed E-state index contributed by atoms with van der Waals surface area (Å²) in [5.74, 6) is 0.731. The van der Waals surface area contributed by atoms with Gasteiger partial charge < -0.3 is 10.1 Å². The smallest absolute Gasteiger partial charge is 0.165 e. The first kappa shape index (κ1) is 16.0. The average molecular weight is 267 g/mol. The lowest BCUT2D eigenvalue weighted by molar-refractivity contribution is 0.284.